The summed E-state index contributed by atoms with van der Waals surface area (Å²) < 4.78 is 1.62. The Hall–Kier alpha value is -1.85. The van der Waals surface area contributed by atoms with Crippen molar-refractivity contribution in [3.8, 4) is 0 Å². The highest BCUT2D eigenvalue weighted by molar-refractivity contribution is 5.78. The molecule has 0 aliphatic rings. The first kappa shape index (κ1) is 16.2. The second-order valence-corrected chi connectivity index (χ2v) is 5.15. The van der Waals surface area contributed by atoms with Gasteiger partial charge in [-0.25, -0.2) is 0 Å². The maximum absolute atomic E-state index is 11.9. The van der Waals surface area contributed by atoms with Gasteiger partial charge in [0.15, 0.2) is 0 Å². The van der Waals surface area contributed by atoms with Crippen molar-refractivity contribution in [2.75, 3.05) is 6.54 Å². The van der Waals surface area contributed by atoms with Crippen LogP contribution in [0.5, 0.6) is 0 Å². The average molecular weight is 281 g/mol. The van der Waals surface area contributed by atoms with E-state index in [1.165, 1.54) is 0 Å². The predicted octanol–water partition coefficient (Wildman–Crippen LogP) is 1.51. The summed E-state index contributed by atoms with van der Waals surface area (Å²) in [6.45, 7) is 7.66. The summed E-state index contributed by atoms with van der Waals surface area (Å²) in [4.78, 5) is 23.3. The fourth-order valence-corrected chi connectivity index (χ4v) is 2.17. The summed E-state index contributed by atoms with van der Waals surface area (Å²) in [5.74, 6) is -1.09. The maximum atomic E-state index is 11.9. The molecular weight excluding hydrogens is 258 g/mol. The topological polar surface area (TPSA) is 84.2 Å². The first-order valence-electron chi connectivity index (χ1n) is 6.85. The number of aryl methyl sites for hydroxylation is 2. The molecule has 2 N–H and O–H groups in total. The average Bonchev–Trinajstić information content (AvgIpc) is 2.69. The molecule has 1 rings (SSSR count). The van der Waals surface area contributed by atoms with E-state index >= 15 is 0 Å². The molecule has 0 unspecified atom stereocenters. The van der Waals surface area contributed by atoms with Gasteiger partial charge < -0.3 is 10.4 Å². The second kappa shape index (κ2) is 6.54. The Morgan fingerprint density at radius 3 is 2.35 bits per heavy atom. The number of carboxylic acid groups (broad SMARTS) is 1. The molecule has 0 aliphatic carbocycles. The van der Waals surface area contributed by atoms with E-state index in [1.807, 2.05) is 33.8 Å². The number of hydrogen-bond donors (Lipinski definition) is 2. The SMILES string of the molecule is CCC(CC)(CNC(=O)Cn1nc(C)cc1C)C(=O)O. The molecule has 0 saturated heterocycles. The maximum Gasteiger partial charge on any atom is 0.311 e. The molecule has 112 valence electrons. The highest BCUT2D eigenvalue weighted by Crippen LogP contribution is 2.25. The molecular formula is C14H23N3O3. The quantitative estimate of drug-likeness (QED) is 0.793. The Morgan fingerprint density at radius 1 is 1.35 bits per heavy atom. The summed E-state index contributed by atoms with van der Waals surface area (Å²) in [6.07, 6.45) is 0.970. The van der Waals surface area contributed by atoms with Crippen LogP contribution >= 0.6 is 0 Å². The van der Waals surface area contributed by atoms with Gasteiger partial charge in [0.25, 0.3) is 0 Å². The summed E-state index contributed by atoms with van der Waals surface area (Å²) in [6, 6.07) is 1.90. The zero-order valence-corrected chi connectivity index (χ0v) is 12.6. The molecule has 0 aliphatic heterocycles. The van der Waals surface area contributed by atoms with Crippen molar-refractivity contribution >= 4 is 11.9 Å². The summed E-state index contributed by atoms with van der Waals surface area (Å²) >= 11 is 0. The summed E-state index contributed by atoms with van der Waals surface area (Å²) in [5.41, 5.74) is 0.885. The predicted molar refractivity (Wildman–Crippen MR) is 75.4 cm³/mol. The van der Waals surface area contributed by atoms with Gasteiger partial charge >= 0.3 is 5.97 Å². The lowest BCUT2D eigenvalue weighted by Gasteiger charge is -2.26. The Labute approximate surface area is 119 Å². The number of rotatable bonds is 7. The van der Waals surface area contributed by atoms with E-state index in [4.69, 9.17) is 0 Å². The van der Waals surface area contributed by atoms with Crippen molar-refractivity contribution in [2.24, 2.45) is 5.41 Å². The van der Waals surface area contributed by atoms with Crippen LogP contribution in [0.3, 0.4) is 0 Å². The van der Waals surface area contributed by atoms with E-state index in [2.05, 4.69) is 10.4 Å². The molecule has 1 aromatic heterocycles. The molecule has 0 saturated carbocycles. The smallest absolute Gasteiger partial charge is 0.311 e. The summed E-state index contributed by atoms with van der Waals surface area (Å²) in [5, 5.41) is 16.2. The molecule has 0 fully saturated rings. The molecule has 0 bridgehead atoms. The van der Waals surface area contributed by atoms with Crippen LogP contribution in [-0.4, -0.2) is 33.3 Å². The van der Waals surface area contributed by atoms with Crippen molar-refractivity contribution in [3.63, 3.8) is 0 Å². The van der Waals surface area contributed by atoms with Crippen LogP contribution in [0.2, 0.25) is 0 Å². The van der Waals surface area contributed by atoms with E-state index in [-0.39, 0.29) is 19.0 Å². The normalized spacial score (nSPS) is 11.4. The van der Waals surface area contributed by atoms with Gasteiger partial charge in [-0.05, 0) is 32.8 Å². The second-order valence-electron chi connectivity index (χ2n) is 5.15. The first-order valence-corrected chi connectivity index (χ1v) is 6.85. The van der Waals surface area contributed by atoms with Gasteiger partial charge in [-0.1, -0.05) is 13.8 Å². The van der Waals surface area contributed by atoms with Gasteiger partial charge in [0.2, 0.25) is 5.91 Å². The van der Waals surface area contributed by atoms with E-state index in [1.54, 1.807) is 4.68 Å². The molecule has 0 aromatic carbocycles. The third kappa shape index (κ3) is 3.59. The minimum Gasteiger partial charge on any atom is -0.481 e. The van der Waals surface area contributed by atoms with Crippen LogP contribution in [0, 0.1) is 19.3 Å². The van der Waals surface area contributed by atoms with Crippen molar-refractivity contribution in [1.29, 1.82) is 0 Å². The van der Waals surface area contributed by atoms with Gasteiger partial charge in [-0.3, -0.25) is 14.3 Å². The fourth-order valence-electron chi connectivity index (χ4n) is 2.17. The first-order chi connectivity index (χ1) is 9.34. The lowest BCUT2D eigenvalue weighted by molar-refractivity contribution is -0.149. The number of nitrogens with one attached hydrogen (secondary N) is 1. The Kier molecular flexibility index (Phi) is 5.30. The van der Waals surface area contributed by atoms with E-state index in [9.17, 15) is 14.7 Å². The molecule has 6 heteroatoms. The minimum absolute atomic E-state index is 0.114. The number of carbonyl (C=O) groups is 2. The zero-order valence-electron chi connectivity index (χ0n) is 12.6. The number of aromatic nitrogens is 2. The highest BCUT2D eigenvalue weighted by atomic mass is 16.4. The number of carbonyl (C=O) groups excluding carboxylic acids is 1. The van der Waals surface area contributed by atoms with E-state index in [0.717, 1.165) is 11.4 Å². The van der Waals surface area contributed by atoms with Gasteiger partial charge in [-0.2, -0.15) is 5.10 Å². The third-order valence-corrected chi connectivity index (χ3v) is 3.83. The molecule has 6 nitrogen and oxygen atoms in total. The number of aliphatic carboxylic acids is 1. The minimum atomic E-state index is -0.884. The van der Waals surface area contributed by atoms with Crippen molar-refractivity contribution in [2.45, 2.75) is 47.1 Å². The van der Waals surface area contributed by atoms with Gasteiger partial charge in [0.1, 0.15) is 6.54 Å². The molecule has 0 spiro atoms. The van der Waals surface area contributed by atoms with E-state index in [0.29, 0.717) is 12.8 Å². The Bertz CT molecular complexity index is 490. The van der Waals surface area contributed by atoms with Crippen molar-refractivity contribution < 1.29 is 14.7 Å². The van der Waals surface area contributed by atoms with Crippen molar-refractivity contribution in [3.05, 3.63) is 17.5 Å². The van der Waals surface area contributed by atoms with Gasteiger partial charge in [-0.15, -0.1) is 0 Å². The number of amides is 1. The van der Waals surface area contributed by atoms with Gasteiger partial charge in [0.05, 0.1) is 11.1 Å². The van der Waals surface area contributed by atoms with Crippen LogP contribution in [0.4, 0.5) is 0 Å². The largest absolute Gasteiger partial charge is 0.481 e. The molecule has 0 atom stereocenters. The molecule has 0 radical (unpaired) electrons. The Morgan fingerprint density at radius 2 is 1.95 bits per heavy atom. The summed E-state index contributed by atoms with van der Waals surface area (Å²) in [7, 11) is 0. The lowest BCUT2D eigenvalue weighted by Crippen LogP contribution is -2.43. The molecule has 20 heavy (non-hydrogen) atoms. The van der Waals surface area contributed by atoms with Crippen LogP contribution in [0.1, 0.15) is 38.1 Å². The Balaban J connectivity index is 2.63. The lowest BCUT2D eigenvalue weighted by atomic mass is 9.82. The van der Waals surface area contributed by atoms with Crippen LogP contribution in [-0.2, 0) is 16.1 Å². The van der Waals surface area contributed by atoms with Crippen molar-refractivity contribution in [1.82, 2.24) is 15.1 Å². The number of hydrogen-bond acceptors (Lipinski definition) is 3. The van der Waals surface area contributed by atoms with E-state index < -0.39 is 11.4 Å². The van der Waals surface area contributed by atoms with Gasteiger partial charge in [0, 0.05) is 12.2 Å². The fraction of sp³-hybridized carbons (Fsp3) is 0.643. The van der Waals surface area contributed by atoms with Crippen LogP contribution in [0.15, 0.2) is 6.07 Å². The molecule has 1 amide bonds. The van der Waals surface area contributed by atoms with Crippen LogP contribution in [0.25, 0.3) is 0 Å². The zero-order chi connectivity index (χ0) is 15.3. The third-order valence-electron chi connectivity index (χ3n) is 3.83. The monoisotopic (exact) mass is 281 g/mol. The van der Waals surface area contributed by atoms with Crippen LogP contribution < -0.4 is 5.32 Å². The number of carboxylic acids is 1. The standard InChI is InChI=1S/C14H23N3O3/c1-5-14(6-2,13(19)20)9-15-12(18)8-17-11(4)7-10(3)16-17/h7H,5-6,8-9H2,1-4H3,(H,15,18)(H,19,20). The highest BCUT2D eigenvalue weighted by Gasteiger charge is 2.35. The molecule has 1 aromatic rings. The molecule has 1 heterocycles. The number of nitrogens with zero attached hydrogens (tertiary/aromatic N) is 2.